The number of carbonyl (C=O) groups is 1. The van der Waals surface area contributed by atoms with Gasteiger partial charge in [0, 0.05) is 0 Å². The Balaban J connectivity index is 2.70. The van der Waals surface area contributed by atoms with Gasteiger partial charge in [-0.3, -0.25) is 4.79 Å². The fourth-order valence-electron chi connectivity index (χ4n) is 0.945. The summed E-state index contributed by atoms with van der Waals surface area (Å²) in [4.78, 5) is 12.1. The van der Waals surface area contributed by atoms with Gasteiger partial charge in [0.1, 0.15) is 13.7 Å². The fraction of sp³-hybridized carbons (Fsp3) is 0. The molecule has 6 heteroatoms. The zero-order chi connectivity index (χ0) is 13.0. The third-order valence-corrected chi connectivity index (χ3v) is 3.28. The number of hydrogen-bond acceptors (Lipinski definition) is 2. The van der Waals surface area contributed by atoms with Gasteiger partial charge in [-0.05, 0) is 34.1 Å². The molecule has 0 saturated heterocycles. The Labute approximate surface area is 112 Å². The van der Waals surface area contributed by atoms with Crippen molar-refractivity contribution in [3.8, 4) is 0 Å². The number of halogens is 2. The van der Waals surface area contributed by atoms with E-state index in [0.29, 0.717) is 4.88 Å². The molecule has 1 aromatic heterocycles. The number of carbonyl (C=O) groups excluding carboxylic acids is 1. The summed E-state index contributed by atoms with van der Waals surface area (Å²) >= 11 is 4.47. The first kappa shape index (κ1) is 13.9. The lowest BCUT2D eigenvalue weighted by Gasteiger charge is -2.04. The molecule has 17 heavy (non-hydrogen) atoms. The van der Waals surface area contributed by atoms with E-state index in [0.717, 1.165) is 9.86 Å². The zero-order valence-corrected chi connectivity index (χ0v) is 11.2. The first-order valence-corrected chi connectivity index (χ1v) is 6.08. The second-order valence-corrected chi connectivity index (χ2v) is 5.57. The van der Waals surface area contributed by atoms with Gasteiger partial charge in [-0.15, -0.1) is 23.4 Å². The topological polar surface area (TPSA) is 29.1 Å². The Kier molecular flexibility index (Phi) is 4.90. The van der Waals surface area contributed by atoms with Crippen LogP contribution in [0.2, 0.25) is 0 Å². The summed E-state index contributed by atoms with van der Waals surface area (Å²) in [7, 11) is 5.21. The number of amides is 1. The molecule has 2 radical (unpaired) electrons. The van der Waals surface area contributed by atoms with E-state index in [4.69, 9.17) is 7.85 Å². The third kappa shape index (κ3) is 4.32. The highest BCUT2D eigenvalue weighted by molar-refractivity contribution is 9.11. The molecular weight excluding hydrogens is 304 g/mol. The predicted octanol–water partition coefficient (Wildman–Crippen LogP) is 3.29. The van der Waals surface area contributed by atoms with Crippen LogP contribution in [0.15, 0.2) is 52.1 Å². The Morgan fingerprint density at radius 1 is 1.53 bits per heavy atom. The van der Waals surface area contributed by atoms with Crippen LogP contribution >= 0.6 is 27.3 Å². The van der Waals surface area contributed by atoms with Gasteiger partial charge in [0.15, 0.2) is 0 Å². The number of thiophene rings is 1. The van der Waals surface area contributed by atoms with Gasteiger partial charge in [0.2, 0.25) is 0 Å². The summed E-state index contributed by atoms with van der Waals surface area (Å²) < 4.78 is 14.1. The Hall–Kier alpha value is -1.14. The van der Waals surface area contributed by atoms with Crippen LogP contribution in [0.5, 0.6) is 0 Å². The maximum absolute atomic E-state index is 13.3. The molecule has 1 amide bonds. The van der Waals surface area contributed by atoms with E-state index in [1.54, 1.807) is 12.1 Å². The van der Waals surface area contributed by atoms with E-state index < -0.39 is 11.7 Å². The molecule has 0 aliphatic heterocycles. The van der Waals surface area contributed by atoms with E-state index in [1.807, 2.05) is 0 Å². The molecule has 1 rings (SSSR count). The lowest BCUT2D eigenvalue weighted by Crippen LogP contribution is -2.21. The first-order chi connectivity index (χ1) is 7.90. The molecule has 1 aromatic rings. The van der Waals surface area contributed by atoms with Crippen molar-refractivity contribution in [2.45, 2.75) is 0 Å². The summed E-state index contributed by atoms with van der Waals surface area (Å²) in [6, 6.07) is 3.36. The highest BCUT2D eigenvalue weighted by atomic mass is 79.9. The molecular formula is C11H8BBrFNOS. The van der Waals surface area contributed by atoms with Gasteiger partial charge >= 0.3 is 0 Å². The fourth-order valence-corrected chi connectivity index (χ4v) is 2.23. The quantitative estimate of drug-likeness (QED) is 0.671. The molecule has 1 heterocycles. The lowest BCUT2D eigenvalue weighted by molar-refractivity contribution is 0.0969. The van der Waals surface area contributed by atoms with Crippen molar-refractivity contribution in [1.29, 1.82) is 0 Å². The van der Waals surface area contributed by atoms with Crippen molar-refractivity contribution in [1.82, 2.24) is 5.32 Å². The Morgan fingerprint density at radius 2 is 2.18 bits per heavy atom. The largest absolute Gasteiger partial charge is 0.319 e. The van der Waals surface area contributed by atoms with Gasteiger partial charge in [-0.2, -0.15) is 0 Å². The molecule has 2 nitrogen and oxygen atoms in total. The van der Waals surface area contributed by atoms with E-state index >= 15 is 0 Å². The van der Waals surface area contributed by atoms with Crippen LogP contribution in [0.4, 0.5) is 4.39 Å². The van der Waals surface area contributed by atoms with Gasteiger partial charge in [-0.1, -0.05) is 6.58 Å². The SMILES string of the molecule is [B]C(=C)/C=C(/F)C(=C)NC(=O)c1ccc(Br)s1. The van der Waals surface area contributed by atoms with Crippen LogP contribution < -0.4 is 5.32 Å². The molecule has 1 N–H and O–H groups in total. The maximum atomic E-state index is 13.3. The molecule has 0 saturated carbocycles. The van der Waals surface area contributed by atoms with Crippen molar-refractivity contribution >= 4 is 41.0 Å². The molecule has 86 valence electrons. The number of allylic oxidation sites excluding steroid dienone is 3. The normalized spacial score (nSPS) is 11.1. The monoisotopic (exact) mass is 311 g/mol. The first-order valence-electron chi connectivity index (χ1n) is 4.47. The molecule has 0 aromatic carbocycles. The van der Waals surface area contributed by atoms with Crippen LogP contribution in [0, 0.1) is 0 Å². The van der Waals surface area contributed by atoms with Gasteiger partial charge in [0.05, 0.1) is 14.4 Å². The summed E-state index contributed by atoms with van der Waals surface area (Å²) in [5.74, 6) is -1.14. The van der Waals surface area contributed by atoms with Crippen LogP contribution in [0.1, 0.15) is 9.67 Å². The maximum Gasteiger partial charge on any atom is 0.265 e. The molecule has 0 atom stereocenters. The number of rotatable bonds is 4. The van der Waals surface area contributed by atoms with E-state index in [1.165, 1.54) is 11.3 Å². The van der Waals surface area contributed by atoms with Crippen LogP contribution in [-0.2, 0) is 0 Å². The minimum absolute atomic E-state index is 0.0526. The van der Waals surface area contributed by atoms with Gasteiger partial charge in [-0.25, -0.2) is 4.39 Å². The van der Waals surface area contributed by atoms with Crippen molar-refractivity contribution in [3.63, 3.8) is 0 Å². The minimum Gasteiger partial charge on any atom is -0.319 e. The van der Waals surface area contributed by atoms with Gasteiger partial charge in [0.25, 0.3) is 5.91 Å². The molecule has 0 spiro atoms. The van der Waals surface area contributed by atoms with Crippen LogP contribution in [0.25, 0.3) is 0 Å². The van der Waals surface area contributed by atoms with Gasteiger partial charge < -0.3 is 5.32 Å². The lowest BCUT2D eigenvalue weighted by atomic mass is 9.97. The Bertz CT molecular complexity index is 509. The number of nitrogens with one attached hydrogen (secondary N) is 1. The standard InChI is InChI=1S/C11H8BBrFNOS/c1-6(12)5-8(14)7(2)15-11(16)9-3-4-10(13)17-9/h3-5H,1-2H2,(H,15,16)/b8-5+. The summed E-state index contributed by atoms with van der Waals surface area (Å²) in [6.45, 7) is 6.72. The summed E-state index contributed by atoms with van der Waals surface area (Å²) in [5.41, 5.74) is -0.0945. The highest BCUT2D eigenvalue weighted by Crippen LogP contribution is 2.22. The van der Waals surface area contributed by atoms with Crippen molar-refractivity contribution in [2.24, 2.45) is 0 Å². The highest BCUT2D eigenvalue weighted by Gasteiger charge is 2.11. The third-order valence-electron chi connectivity index (χ3n) is 1.66. The van der Waals surface area contributed by atoms with E-state index in [2.05, 4.69) is 34.4 Å². The summed E-state index contributed by atoms with van der Waals surface area (Å²) in [5, 5.41) is 2.33. The average Bonchev–Trinajstić information content (AvgIpc) is 2.63. The number of hydrogen-bond donors (Lipinski definition) is 1. The molecule has 0 aliphatic rings. The smallest absolute Gasteiger partial charge is 0.265 e. The van der Waals surface area contributed by atoms with Crippen molar-refractivity contribution in [3.05, 3.63) is 57.0 Å². The van der Waals surface area contributed by atoms with Crippen molar-refractivity contribution in [2.75, 3.05) is 0 Å². The summed E-state index contributed by atoms with van der Waals surface area (Å²) in [6.07, 6.45) is 0.993. The van der Waals surface area contributed by atoms with E-state index in [-0.39, 0.29) is 11.2 Å². The second kappa shape index (κ2) is 5.98. The average molecular weight is 312 g/mol. The predicted molar refractivity (Wildman–Crippen MR) is 72.7 cm³/mol. The van der Waals surface area contributed by atoms with Crippen molar-refractivity contribution < 1.29 is 9.18 Å². The van der Waals surface area contributed by atoms with Crippen LogP contribution in [0.3, 0.4) is 0 Å². The molecule has 0 fully saturated rings. The van der Waals surface area contributed by atoms with Crippen LogP contribution in [-0.4, -0.2) is 13.8 Å². The second-order valence-electron chi connectivity index (χ2n) is 3.10. The Morgan fingerprint density at radius 3 is 2.65 bits per heavy atom. The minimum atomic E-state index is -0.721. The molecule has 0 aliphatic carbocycles. The molecule has 0 unspecified atom stereocenters. The van der Waals surface area contributed by atoms with E-state index in [9.17, 15) is 9.18 Å². The zero-order valence-electron chi connectivity index (χ0n) is 8.80. The molecule has 0 bridgehead atoms.